The second-order valence-corrected chi connectivity index (χ2v) is 4.40. The van der Waals surface area contributed by atoms with Crippen molar-refractivity contribution in [2.75, 3.05) is 14.2 Å². The van der Waals surface area contributed by atoms with E-state index >= 15 is 0 Å². The monoisotopic (exact) mass is 257 g/mol. The van der Waals surface area contributed by atoms with E-state index in [0.717, 1.165) is 28.2 Å². The van der Waals surface area contributed by atoms with Crippen LogP contribution in [0, 0.1) is 6.92 Å². The summed E-state index contributed by atoms with van der Waals surface area (Å²) < 4.78 is 10.9. The molecule has 19 heavy (non-hydrogen) atoms. The van der Waals surface area contributed by atoms with Gasteiger partial charge in [0.15, 0.2) is 0 Å². The number of nitrogens with two attached hydrogens (primary N) is 1. The highest BCUT2D eigenvalue weighted by molar-refractivity contribution is 5.79. The van der Waals surface area contributed by atoms with Crippen molar-refractivity contribution in [3.05, 3.63) is 47.5 Å². The maximum absolute atomic E-state index is 5.84. The Hall–Kier alpha value is -2.00. The minimum Gasteiger partial charge on any atom is -0.496 e. The lowest BCUT2D eigenvalue weighted by atomic mass is 9.96. The molecule has 0 fully saturated rings. The third kappa shape index (κ3) is 2.56. The zero-order valence-corrected chi connectivity index (χ0v) is 11.6. The molecule has 100 valence electrons. The molecule has 2 aromatic rings. The Morgan fingerprint density at radius 1 is 1.00 bits per heavy atom. The van der Waals surface area contributed by atoms with Crippen molar-refractivity contribution in [2.45, 2.75) is 13.5 Å². The van der Waals surface area contributed by atoms with Gasteiger partial charge in [-0.3, -0.25) is 0 Å². The summed E-state index contributed by atoms with van der Waals surface area (Å²) in [5.41, 5.74) is 10.1. The number of rotatable bonds is 4. The highest BCUT2D eigenvalue weighted by Gasteiger charge is 2.15. The fraction of sp³-hybridized carbons (Fsp3) is 0.250. The summed E-state index contributed by atoms with van der Waals surface area (Å²) in [5.74, 6) is 1.58. The minimum absolute atomic E-state index is 0.483. The van der Waals surface area contributed by atoms with Crippen molar-refractivity contribution in [2.24, 2.45) is 5.73 Å². The van der Waals surface area contributed by atoms with Crippen molar-refractivity contribution in [1.29, 1.82) is 0 Å². The number of hydrogen-bond donors (Lipinski definition) is 1. The Labute approximate surface area is 114 Å². The van der Waals surface area contributed by atoms with Crippen LogP contribution in [0.2, 0.25) is 0 Å². The molecular formula is C16H19NO2. The molecule has 0 radical (unpaired) electrons. The Balaban J connectivity index is 2.73. The molecule has 0 heterocycles. The number of methoxy groups -OCH3 is 2. The van der Waals surface area contributed by atoms with Crippen LogP contribution in [-0.2, 0) is 6.54 Å². The Morgan fingerprint density at radius 2 is 1.63 bits per heavy atom. The van der Waals surface area contributed by atoms with E-state index in [0.29, 0.717) is 6.54 Å². The SMILES string of the molecule is COc1cccc(OC)c1-c1cc(C)ccc1CN. The molecule has 0 aliphatic carbocycles. The average Bonchev–Trinajstić information content (AvgIpc) is 2.46. The van der Waals surface area contributed by atoms with Gasteiger partial charge >= 0.3 is 0 Å². The number of ether oxygens (including phenoxy) is 2. The molecule has 2 aromatic carbocycles. The van der Waals surface area contributed by atoms with Crippen LogP contribution in [0.15, 0.2) is 36.4 Å². The zero-order chi connectivity index (χ0) is 13.8. The van der Waals surface area contributed by atoms with Gasteiger partial charge in [0, 0.05) is 6.54 Å². The number of benzene rings is 2. The van der Waals surface area contributed by atoms with E-state index < -0.39 is 0 Å². The molecular weight excluding hydrogens is 238 g/mol. The van der Waals surface area contributed by atoms with E-state index in [1.807, 2.05) is 18.2 Å². The third-order valence-corrected chi connectivity index (χ3v) is 3.18. The molecule has 3 heteroatoms. The third-order valence-electron chi connectivity index (χ3n) is 3.18. The normalized spacial score (nSPS) is 10.3. The second-order valence-electron chi connectivity index (χ2n) is 4.40. The lowest BCUT2D eigenvalue weighted by Gasteiger charge is -2.16. The maximum atomic E-state index is 5.84. The van der Waals surface area contributed by atoms with Gasteiger partial charge < -0.3 is 15.2 Å². The van der Waals surface area contributed by atoms with Crippen molar-refractivity contribution < 1.29 is 9.47 Å². The molecule has 0 saturated carbocycles. The smallest absolute Gasteiger partial charge is 0.130 e. The molecule has 2 N–H and O–H groups in total. The fourth-order valence-corrected chi connectivity index (χ4v) is 2.22. The maximum Gasteiger partial charge on any atom is 0.130 e. The predicted octanol–water partition coefficient (Wildman–Crippen LogP) is 3.14. The molecule has 0 amide bonds. The molecule has 0 aliphatic heterocycles. The van der Waals surface area contributed by atoms with E-state index in [4.69, 9.17) is 15.2 Å². The highest BCUT2D eigenvalue weighted by atomic mass is 16.5. The summed E-state index contributed by atoms with van der Waals surface area (Å²) in [6.45, 7) is 2.54. The van der Waals surface area contributed by atoms with Gasteiger partial charge in [-0.2, -0.15) is 0 Å². The van der Waals surface area contributed by atoms with Gasteiger partial charge in [0.05, 0.1) is 19.8 Å². The van der Waals surface area contributed by atoms with E-state index in [1.54, 1.807) is 14.2 Å². The van der Waals surface area contributed by atoms with Gasteiger partial charge in [-0.1, -0.05) is 29.8 Å². The van der Waals surface area contributed by atoms with Gasteiger partial charge in [0.25, 0.3) is 0 Å². The molecule has 3 nitrogen and oxygen atoms in total. The molecule has 0 unspecified atom stereocenters. The van der Waals surface area contributed by atoms with Crippen LogP contribution in [0.3, 0.4) is 0 Å². The summed E-state index contributed by atoms with van der Waals surface area (Å²) in [4.78, 5) is 0. The Bertz CT molecular complexity index is 557. The predicted molar refractivity (Wildman–Crippen MR) is 77.6 cm³/mol. The van der Waals surface area contributed by atoms with Crippen LogP contribution in [0.25, 0.3) is 11.1 Å². The summed E-state index contributed by atoms with van der Waals surface area (Å²) in [5, 5.41) is 0. The number of hydrogen-bond acceptors (Lipinski definition) is 3. The van der Waals surface area contributed by atoms with Crippen LogP contribution in [0.5, 0.6) is 11.5 Å². The lowest BCUT2D eigenvalue weighted by Crippen LogP contribution is -2.01. The quantitative estimate of drug-likeness (QED) is 0.915. The van der Waals surface area contributed by atoms with E-state index in [9.17, 15) is 0 Å². The van der Waals surface area contributed by atoms with Gasteiger partial charge in [0.1, 0.15) is 11.5 Å². The van der Waals surface area contributed by atoms with Crippen molar-refractivity contribution in [1.82, 2.24) is 0 Å². The first-order chi connectivity index (χ1) is 9.21. The molecule has 0 aliphatic rings. The van der Waals surface area contributed by atoms with E-state index in [-0.39, 0.29) is 0 Å². The topological polar surface area (TPSA) is 44.5 Å². The summed E-state index contributed by atoms with van der Waals surface area (Å²) in [6, 6.07) is 12.0. The van der Waals surface area contributed by atoms with Gasteiger partial charge in [-0.05, 0) is 30.2 Å². The van der Waals surface area contributed by atoms with Gasteiger partial charge in [-0.25, -0.2) is 0 Å². The van der Waals surface area contributed by atoms with Gasteiger partial charge in [-0.15, -0.1) is 0 Å². The lowest BCUT2D eigenvalue weighted by molar-refractivity contribution is 0.397. The van der Waals surface area contributed by atoms with E-state index in [2.05, 4.69) is 25.1 Å². The molecule has 2 rings (SSSR count). The summed E-state index contributed by atoms with van der Waals surface area (Å²) in [6.07, 6.45) is 0. The standard InChI is InChI=1S/C16H19NO2/c1-11-7-8-12(10-17)13(9-11)16-14(18-2)5-4-6-15(16)19-3/h4-9H,10,17H2,1-3H3. The minimum atomic E-state index is 0.483. The van der Waals surface area contributed by atoms with Crippen LogP contribution in [-0.4, -0.2) is 14.2 Å². The van der Waals surface area contributed by atoms with Crippen molar-refractivity contribution in [3.63, 3.8) is 0 Å². The Kier molecular flexibility index (Phi) is 4.07. The van der Waals surface area contributed by atoms with Crippen LogP contribution < -0.4 is 15.2 Å². The largest absolute Gasteiger partial charge is 0.496 e. The van der Waals surface area contributed by atoms with Crippen LogP contribution >= 0.6 is 0 Å². The fourth-order valence-electron chi connectivity index (χ4n) is 2.22. The molecule has 0 aromatic heterocycles. The Morgan fingerprint density at radius 3 is 2.16 bits per heavy atom. The van der Waals surface area contributed by atoms with Gasteiger partial charge in [0.2, 0.25) is 0 Å². The molecule has 0 saturated heterocycles. The molecule has 0 spiro atoms. The molecule has 0 bridgehead atoms. The van der Waals surface area contributed by atoms with Crippen molar-refractivity contribution >= 4 is 0 Å². The van der Waals surface area contributed by atoms with Crippen molar-refractivity contribution in [3.8, 4) is 22.6 Å². The number of aryl methyl sites for hydroxylation is 1. The van der Waals surface area contributed by atoms with Crippen LogP contribution in [0.1, 0.15) is 11.1 Å². The highest BCUT2D eigenvalue weighted by Crippen LogP contribution is 2.40. The first-order valence-corrected chi connectivity index (χ1v) is 6.22. The van der Waals surface area contributed by atoms with E-state index in [1.165, 1.54) is 5.56 Å². The average molecular weight is 257 g/mol. The summed E-state index contributed by atoms with van der Waals surface area (Å²) in [7, 11) is 3.33. The first-order valence-electron chi connectivity index (χ1n) is 6.22. The van der Waals surface area contributed by atoms with Crippen LogP contribution in [0.4, 0.5) is 0 Å². The second kappa shape index (κ2) is 5.76. The molecule has 0 atom stereocenters. The first kappa shape index (κ1) is 13.4. The summed E-state index contributed by atoms with van der Waals surface area (Å²) >= 11 is 0. The zero-order valence-electron chi connectivity index (χ0n) is 11.6.